The van der Waals surface area contributed by atoms with Crippen molar-refractivity contribution in [3.8, 4) is 0 Å². The Balaban J connectivity index is 2.28. The van der Waals surface area contributed by atoms with Crippen molar-refractivity contribution in [3.63, 3.8) is 0 Å². The SMILES string of the molecule is CCc1ccc([C@H](O)c2ccc(C)c(N)c2)cc1. The fraction of sp³-hybridized carbons (Fsp3) is 0.250. The molecule has 0 heterocycles. The van der Waals surface area contributed by atoms with Gasteiger partial charge in [-0.05, 0) is 41.7 Å². The summed E-state index contributed by atoms with van der Waals surface area (Å²) >= 11 is 0. The number of aryl methyl sites for hydroxylation is 2. The van der Waals surface area contributed by atoms with Crippen LogP contribution in [0.2, 0.25) is 0 Å². The van der Waals surface area contributed by atoms with E-state index < -0.39 is 6.10 Å². The van der Waals surface area contributed by atoms with E-state index in [2.05, 4.69) is 19.1 Å². The van der Waals surface area contributed by atoms with Crippen molar-refractivity contribution in [1.29, 1.82) is 0 Å². The first-order valence-electron chi connectivity index (χ1n) is 6.24. The molecule has 0 amide bonds. The Bertz CT molecular complexity index is 531. The molecule has 0 aliphatic rings. The molecule has 0 unspecified atom stereocenters. The third-order valence-corrected chi connectivity index (χ3v) is 3.32. The van der Waals surface area contributed by atoms with E-state index in [1.807, 2.05) is 37.3 Å². The standard InChI is InChI=1S/C16H19NO/c1-3-12-5-8-13(9-6-12)16(18)14-7-4-11(2)15(17)10-14/h4-10,16,18H,3,17H2,1-2H3/t16-/m0/s1. The number of hydrogen-bond donors (Lipinski definition) is 2. The van der Waals surface area contributed by atoms with Crippen LogP contribution in [0.3, 0.4) is 0 Å². The van der Waals surface area contributed by atoms with Crippen molar-refractivity contribution in [2.24, 2.45) is 0 Å². The van der Waals surface area contributed by atoms with E-state index >= 15 is 0 Å². The Labute approximate surface area is 108 Å². The van der Waals surface area contributed by atoms with Crippen LogP contribution in [-0.2, 0) is 6.42 Å². The van der Waals surface area contributed by atoms with Crippen LogP contribution < -0.4 is 5.73 Å². The van der Waals surface area contributed by atoms with E-state index in [0.29, 0.717) is 0 Å². The van der Waals surface area contributed by atoms with Gasteiger partial charge in [0, 0.05) is 5.69 Å². The van der Waals surface area contributed by atoms with Gasteiger partial charge in [0.1, 0.15) is 6.10 Å². The quantitative estimate of drug-likeness (QED) is 0.810. The second-order valence-corrected chi connectivity index (χ2v) is 4.61. The summed E-state index contributed by atoms with van der Waals surface area (Å²) in [6.45, 7) is 4.08. The molecule has 2 aromatic rings. The molecular weight excluding hydrogens is 222 g/mol. The minimum absolute atomic E-state index is 0.612. The highest BCUT2D eigenvalue weighted by molar-refractivity contribution is 5.50. The van der Waals surface area contributed by atoms with Gasteiger partial charge >= 0.3 is 0 Å². The third-order valence-electron chi connectivity index (χ3n) is 3.32. The molecule has 0 radical (unpaired) electrons. The van der Waals surface area contributed by atoms with Crippen LogP contribution >= 0.6 is 0 Å². The second-order valence-electron chi connectivity index (χ2n) is 4.61. The van der Waals surface area contributed by atoms with Gasteiger partial charge in [0.25, 0.3) is 0 Å². The minimum Gasteiger partial charge on any atom is -0.399 e. The van der Waals surface area contributed by atoms with Gasteiger partial charge in [-0.15, -0.1) is 0 Å². The fourth-order valence-electron chi connectivity index (χ4n) is 1.96. The van der Waals surface area contributed by atoms with E-state index in [1.165, 1.54) is 5.56 Å². The molecule has 0 spiro atoms. The monoisotopic (exact) mass is 241 g/mol. The lowest BCUT2D eigenvalue weighted by Crippen LogP contribution is -2.01. The molecule has 2 rings (SSSR count). The van der Waals surface area contributed by atoms with Crippen LogP contribution in [0.1, 0.15) is 35.3 Å². The molecular formula is C16H19NO. The molecule has 18 heavy (non-hydrogen) atoms. The van der Waals surface area contributed by atoms with Crippen LogP contribution in [0.5, 0.6) is 0 Å². The minimum atomic E-state index is -0.612. The Morgan fingerprint density at radius 2 is 1.67 bits per heavy atom. The first-order valence-corrected chi connectivity index (χ1v) is 6.24. The number of aliphatic hydroxyl groups excluding tert-OH is 1. The number of anilines is 1. The van der Waals surface area contributed by atoms with Gasteiger partial charge in [-0.25, -0.2) is 0 Å². The fourth-order valence-corrected chi connectivity index (χ4v) is 1.96. The molecule has 0 bridgehead atoms. The van der Waals surface area contributed by atoms with Crippen molar-refractivity contribution >= 4 is 5.69 Å². The molecule has 0 saturated heterocycles. The lowest BCUT2D eigenvalue weighted by molar-refractivity contribution is 0.220. The summed E-state index contributed by atoms with van der Waals surface area (Å²) in [5.74, 6) is 0. The molecule has 3 N–H and O–H groups in total. The van der Waals surface area contributed by atoms with Crippen LogP contribution in [0, 0.1) is 6.92 Å². The Hall–Kier alpha value is -1.80. The van der Waals surface area contributed by atoms with Crippen LogP contribution in [-0.4, -0.2) is 5.11 Å². The van der Waals surface area contributed by atoms with Crippen molar-refractivity contribution in [2.45, 2.75) is 26.4 Å². The van der Waals surface area contributed by atoms with Crippen molar-refractivity contribution in [1.82, 2.24) is 0 Å². The summed E-state index contributed by atoms with van der Waals surface area (Å²) in [6, 6.07) is 13.7. The van der Waals surface area contributed by atoms with Crippen LogP contribution in [0.15, 0.2) is 42.5 Å². The zero-order valence-electron chi connectivity index (χ0n) is 10.9. The van der Waals surface area contributed by atoms with Gasteiger partial charge in [-0.2, -0.15) is 0 Å². The average Bonchev–Trinajstić information content (AvgIpc) is 2.41. The zero-order chi connectivity index (χ0) is 13.1. The number of aliphatic hydroxyl groups is 1. The van der Waals surface area contributed by atoms with Gasteiger partial charge in [0.2, 0.25) is 0 Å². The Morgan fingerprint density at radius 1 is 1.06 bits per heavy atom. The van der Waals surface area contributed by atoms with Gasteiger partial charge in [0.05, 0.1) is 0 Å². The largest absolute Gasteiger partial charge is 0.399 e. The van der Waals surface area contributed by atoms with E-state index in [1.54, 1.807) is 0 Å². The highest BCUT2D eigenvalue weighted by Gasteiger charge is 2.11. The van der Waals surface area contributed by atoms with Crippen LogP contribution in [0.25, 0.3) is 0 Å². The molecule has 2 nitrogen and oxygen atoms in total. The Morgan fingerprint density at radius 3 is 2.22 bits per heavy atom. The van der Waals surface area contributed by atoms with Crippen molar-refractivity contribution < 1.29 is 5.11 Å². The lowest BCUT2D eigenvalue weighted by atomic mass is 9.98. The maximum atomic E-state index is 10.3. The Kier molecular flexibility index (Phi) is 3.68. The molecule has 0 saturated carbocycles. The second kappa shape index (κ2) is 5.23. The number of benzene rings is 2. The molecule has 2 aromatic carbocycles. The lowest BCUT2D eigenvalue weighted by Gasteiger charge is -2.13. The molecule has 2 heteroatoms. The molecule has 0 aliphatic carbocycles. The summed E-state index contributed by atoms with van der Waals surface area (Å²) in [6.07, 6.45) is 0.396. The summed E-state index contributed by atoms with van der Waals surface area (Å²) in [7, 11) is 0. The predicted octanol–water partition coefficient (Wildman–Crippen LogP) is 3.22. The van der Waals surface area contributed by atoms with Crippen LogP contribution in [0.4, 0.5) is 5.69 Å². The topological polar surface area (TPSA) is 46.2 Å². The number of hydrogen-bond acceptors (Lipinski definition) is 2. The predicted molar refractivity (Wildman–Crippen MR) is 75.5 cm³/mol. The maximum absolute atomic E-state index is 10.3. The molecule has 0 aliphatic heterocycles. The molecule has 0 fully saturated rings. The maximum Gasteiger partial charge on any atom is 0.104 e. The van der Waals surface area contributed by atoms with Gasteiger partial charge in [0.15, 0.2) is 0 Å². The van der Waals surface area contributed by atoms with Gasteiger partial charge < -0.3 is 10.8 Å². The average molecular weight is 241 g/mol. The molecule has 0 aromatic heterocycles. The molecule has 1 atom stereocenters. The van der Waals surface area contributed by atoms with Gasteiger partial charge in [-0.3, -0.25) is 0 Å². The number of nitrogens with two attached hydrogens (primary N) is 1. The third kappa shape index (κ3) is 2.54. The zero-order valence-corrected chi connectivity index (χ0v) is 10.9. The number of nitrogen functional groups attached to an aromatic ring is 1. The van der Waals surface area contributed by atoms with E-state index in [9.17, 15) is 5.11 Å². The van der Waals surface area contributed by atoms with E-state index in [4.69, 9.17) is 5.73 Å². The highest BCUT2D eigenvalue weighted by atomic mass is 16.3. The van der Waals surface area contributed by atoms with Crippen molar-refractivity contribution in [3.05, 3.63) is 64.7 Å². The van der Waals surface area contributed by atoms with Crippen molar-refractivity contribution in [2.75, 3.05) is 5.73 Å². The first-order chi connectivity index (χ1) is 8.61. The smallest absolute Gasteiger partial charge is 0.104 e. The summed E-state index contributed by atoms with van der Waals surface area (Å²) < 4.78 is 0. The normalized spacial score (nSPS) is 12.4. The summed E-state index contributed by atoms with van der Waals surface area (Å²) in [5.41, 5.74) is 10.6. The molecule has 94 valence electrons. The summed E-state index contributed by atoms with van der Waals surface area (Å²) in [4.78, 5) is 0. The van der Waals surface area contributed by atoms with Gasteiger partial charge in [-0.1, -0.05) is 43.3 Å². The van der Waals surface area contributed by atoms with E-state index in [-0.39, 0.29) is 0 Å². The number of rotatable bonds is 3. The highest BCUT2D eigenvalue weighted by Crippen LogP contribution is 2.25. The summed E-state index contributed by atoms with van der Waals surface area (Å²) in [5, 5.41) is 10.3. The van der Waals surface area contributed by atoms with E-state index in [0.717, 1.165) is 28.8 Å². The first kappa shape index (κ1) is 12.7.